The number of nitrogens with zero attached hydrogens (tertiary/aromatic N) is 3. The molecule has 0 aliphatic heterocycles. The maximum Gasteiger partial charge on any atom is 0.234 e. The fraction of sp³-hybridized carbons (Fsp3) is 0.350. The number of nitrogens with one attached hydrogen (secondary N) is 1. The molecule has 28 heavy (non-hydrogen) atoms. The van der Waals surface area contributed by atoms with Crippen LogP contribution < -0.4 is 5.32 Å². The van der Waals surface area contributed by atoms with Crippen molar-refractivity contribution in [3.05, 3.63) is 45.1 Å². The van der Waals surface area contributed by atoms with E-state index in [1.54, 1.807) is 12.1 Å². The lowest BCUT2D eigenvalue weighted by Crippen LogP contribution is -2.15. The first-order valence-electron chi connectivity index (χ1n) is 9.37. The van der Waals surface area contributed by atoms with Gasteiger partial charge in [0.25, 0.3) is 0 Å². The molecule has 5 nitrogen and oxygen atoms in total. The number of para-hydroxylation sites is 1. The Balaban J connectivity index is 1.48. The lowest BCUT2D eigenvalue weighted by atomic mass is 9.96. The molecular weight excluding hydrogens is 412 g/mol. The predicted molar refractivity (Wildman–Crippen MR) is 116 cm³/mol. The van der Waals surface area contributed by atoms with Crippen LogP contribution in [0, 0.1) is 0 Å². The van der Waals surface area contributed by atoms with Gasteiger partial charge in [0.2, 0.25) is 5.91 Å². The second-order valence-electron chi connectivity index (χ2n) is 6.63. The summed E-state index contributed by atoms with van der Waals surface area (Å²) in [6.45, 7) is 2.85. The highest BCUT2D eigenvalue weighted by Gasteiger charge is 2.22. The Morgan fingerprint density at radius 3 is 2.93 bits per heavy atom. The van der Waals surface area contributed by atoms with Gasteiger partial charge in [0.1, 0.15) is 0 Å². The minimum atomic E-state index is -0.113. The Labute approximate surface area is 177 Å². The van der Waals surface area contributed by atoms with Gasteiger partial charge in [-0.05, 0) is 50.3 Å². The molecule has 0 bridgehead atoms. The minimum absolute atomic E-state index is 0.113. The van der Waals surface area contributed by atoms with Crippen LogP contribution in [0.15, 0.2) is 34.8 Å². The number of amides is 1. The number of thioether (sulfide) groups is 1. The predicted octanol–water partition coefficient (Wildman–Crippen LogP) is 5.29. The summed E-state index contributed by atoms with van der Waals surface area (Å²) in [5, 5.41) is 15.2. The smallest absolute Gasteiger partial charge is 0.234 e. The zero-order valence-corrected chi connectivity index (χ0v) is 18.0. The van der Waals surface area contributed by atoms with Crippen LogP contribution in [-0.4, -0.2) is 26.4 Å². The zero-order valence-electron chi connectivity index (χ0n) is 15.6. The molecule has 0 atom stereocenters. The summed E-state index contributed by atoms with van der Waals surface area (Å²) in [5.41, 5.74) is 3.27. The molecule has 1 aliphatic carbocycles. The fourth-order valence-corrected chi connectivity index (χ4v) is 5.55. The number of fused-ring (bicyclic) bond motifs is 1. The van der Waals surface area contributed by atoms with Gasteiger partial charge in [0, 0.05) is 22.4 Å². The van der Waals surface area contributed by atoms with Crippen LogP contribution >= 0.6 is 34.7 Å². The molecule has 0 fully saturated rings. The van der Waals surface area contributed by atoms with E-state index in [0.29, 0.717) is 10.7 Å². The molecule has 2 heterocycles. The Bertz CT molecular complexity index is 998. The molecule has 1 aliphatic rings. The first kappa shape index (κ1) is 19.5. The van der Waals surface area contributed by atoms with E-state index in [9.17, 15) is 4.79 Å². The van der Waals surface area contributed by atoms with Crippen LogP contribution in [0.5, 0.6) is 0 Å². The lowest BCUT2D eigenvalue weighted by Gasteiger charge is -2.13. The maximum atomic E-state index is 12.3. The first-order chi connectivity index (χ1) is 13.7. The standard InChI is InChI=1S/C20H21ClN4OS2/c1-2-25-19(14-11-27-17-10-6-3-7-13(14)17)23-24-20(25)28-12-18(26)22-16-9-5-4-8-15(16)21/h4-5,8-9,11H,2-3,6-7,10,12H2,1H3,(H,22,26). The van der Waals surface area contributed by atoms with Crippen LogP contribution in [0.25, 0.3) is 11.4 Å². The third-order valence-corrected chi connectivity index (χ3v) is 7.20. The molecule has 8 heteroatoms. The van der Waals surface area contributed by atoms with Crippen molar-refractivity contribution in [2.24, 2.45) is 0 Å². The van der Waals surface area contributed by atoms with Crippen LogP contribution in [0.2, 0.25) is 5.02 Å². The van der Waals surface area contributed by atoms with E-state index in [2.05, 4.69) is 32.4 Å². The average molecular weight is 433 g/mol. The third kappa shape index (κ3) is 3.97. The molecular formula is C20H21ClN4OS2. The van der Waals surface area contributed by atoms with Gasteiger partial charge in [0.15, 0.2) is 11.0 Å². The van der Waals surface area contributed by atoms with Crippen LogP contribution in [-0.2, 0) is 24.2 Å². The number of carbonyl (C=O) groups is 1. The van der Waals surface area contributed by atoms with Crippen LogP contribution in [0.4, 0.5) is 5.69 Å². The van der Waals surface area contributed by atoms with Gasteiger partial charge in [-0.2, -0.15) is 0 Å². The number of thiophene rings is 1. The van der Waals surface area contributed by atoms with Crippen molar-refractivity contribution in [2.45, 2.75) is 44.3 Å². The highest BCUT2D eigenvalue weighted by molar-refractivity contribution is 7.99. The number of aromatic nitrogens is 3. The van der Waals surface area contributed by atoms with Crippen LogP contribution in [0.1, 0.15) is 30.2 Å². The molecule has 0 saturated heterocycles. The van der Waals surface area contributed by atoms with E-state index < -0.39 is 0 Å². The highest BCUT2D eigenvalue weighted by atomic mass is 35.5. The number of benzene rings is 1. The van der Waals surface area contributed by atoms with Gasteiger partial charge in [-0.25, -0.2) is 0 Å². The molecule has 0 spiro atoms. The lowest BCUT2D eigenvalue weighted by molar-refractivity contribution is -0.113. The topological polar surface area (TPSA) is 59.8 Å². The Hall–Kier alpha value is -1.83. The molecule has 146 valence electrons. The molecule has 0 unspecified atom stereocenters. The molecule has 0 saturated carbocycles. The van der Waals surface area contributed by atoms with E-state index in [1.165, 1.54) is 47.0 Å². The van der Waals surface area contributed by atoms with Crippen molar-refractivity contribution >= 4 is 46.3 Å². The molecule has 1 N–H and O–H groups in total. The number of aryl methyl sites for hydroxylation is 1. The van der Waals surface area contributed by atoms with Gasteiger partial charge in [-0.1, -0.05) is 35.5 Å². The normalized spacial score (nSPS) is 13.4. The average Bonchev–Trinajstić information content (AvgIpc) is 3.31. The van der Waals surface area contributed by atoms with Gasteiger partial charge in [-0.3, -0.25) is 4.79 Å². The first-order valence-corrected chi connectivity index (χ1v) is 11.6. The van der Waals surface area contributed by atoms with Crippen molar-refractivity contribution < 1.29 is 4.79 Å². The summed E-state index contributed by atoms with van der Waals surface area (Å²) in [6.07, 6.45) is 4.80. The van der Waals surface area contributed by atoms with E-state index >= 15 is 0 Å². The Morgan fingerprint density at radius 1 is 1.29 bits per heavy atom. The van der Waals surface area contributed by atoms with Gasteiger partial charge < -0.3 is 9.88 Å². The van der Waals surface area contributed by atoms with Crippen molar-refractivity contribution in [3.63, 3.8) is 0 Å². The van der Waals surface area contributed by atoms with Crippen molar-refractivity contribution in [1.29, 1.82) is 0 Å². The SMILES string of the molecule is CCn1c(SCC(=O)Nc2ccccc2Cl)nnc1-c1csc2c1CCCC2. The summed E-state index contributed by atoms with van der Waals surface area (Å²) in [4.78, 5) is 13.8. The largest absolute Gasteiger partial charge is 0.324 e. The molecule has 4 rings (SSSR count). The highest BCUT2D eigenvalue weighted by Crippen LogP contribution is 2.36. The monoisotopic (exact) mass is 432 g/mol. The van der Waals surface area contributed by atoms with Crippen LogP contribution in [0.3, 0.4) is 0 Å². The summed E-state index contributed by atoms with van der Waals surface area (Å²) >= 11 is 9.33. The zero-order chi connectivity index (χ0) is 19.5. The second kappa shape index (κ2) is 8.68. The maximum absolute atomic E-state index is 12.3. The number of halogens is 1. The second-order valence-corrected chi connectivity index (χ2v) is 8.94. The molecule has 1 aromatic carbocycles. The number of hydrogen-bond acceptors (Lipinski definition) is 5. The quantitative estimate of drug-likeness (QED) is 0.537. The van der Waals surface area contributed by atoms with Crippen molar-refractivity contribution in [2.75, 3.05) is 11.1 Å². The number of carbonyl (C=O) groups excluding carboxylic acids is 1. The molecule has 1 amide bonds. The van der Waals surface area contributed by atoms with E-state index in [1.807, 2.05) is 23.5 Å². The van der Waals surface area contributed by atoms with E-state index in [-0.39, 0.29) is 11.7 Å². The molecule has 2 aromatic heterocycles. The van der Waals surface area contributed by atoms with E-state index in [4.69, 9.17) is 11.6 Å². The Kier molecular flexibility index (Phi) is 6.04. The number of anilines is 1. The summed E-state index contributed by atoms with van der Waals surface area (Å²) in [5.74, 6) is 1.06. The van der Waals surface area contributed by atoms with E-state index in [0.717, 1.165) is 23.9 Å². The van der Waals surface area contributed by atoms with Gasteiger partial charge in [0.05, 0.1) is 16.5 Å². The molecule has 0 radical (unpaired) electrons. The Morgan fingerprint density at radius 2 is 2.11 bits per heavy atom. The fourth-order valence-electron chi connectivity index (χ4n) is 3.44. The third-order valence-electron chi connectivity index (χ3n) is 4.82. The minimum Gasteiger partial charge on any atom is -0.324 e. The number of rotatable bonds is 6. The summed E-state index contributed by atoms with van der Waals surface area (Å²) in [7, 11) is 0. The summed E-state index contributed by atoms with van der Waals surface area (Å²) in [6, 6.07) is 7.22. The van der Waals surface area contributed by atoms with Gasteiger partial charge in [-0.15, -0.1) is 21.5 Å². The summed E-state index contributed by atoms with van der Waals surface area (Å²) < 4.78 is 2.10. The number of hydrogen-bond donors (Lipinski definition) is 1. The van der Waals surface area contributed by atoms with Gasteiger partial charge >= 0.3 is 0 Å². The van der Waals surface area contributed by atoms with Crippen molar-refractivity contribution in [3.8, 4) is 11.4 Å². The molecule has 3 aromatic rings. The van der Waals surface area contributed by atoms with Crippen molar-refractivity contribution in [1.82, 2.24) is 14.8 Å².